The third-order valence-electron chi connectivity index (χ3n) is 7.84. The van der Waals surface area contributed by atoms with Gasteiger partial charge in [0.2, 0.25) is 11.8 Å². The van der Waals surface area contributed by atoms with Crippen LogP contribution in [0.25, 0.3) is 0 Å². The van der Waals surface area contributed by atoms with Gasteiger partial charge >= 0.3 is 0 Å². The van der Waals surface area contributed by atoms with E-state index in [0.717, 1.165) is 12.0 Å². The molecule has 3 saturated heterocycles. The summed E-state index contributed by atoms with van der Waals surface area (Å²) >= 11 is 10.3. The Hall–Kier alpha value is -2.20. The van der Waals surface area contributed by atoms with Gasteiger partial charge in [0.15, 0.2) is 0 Å². The lowest BCUT2D eigenvalue weighted by Crippen LogP contribution is -2.57. The van der Waals surface area contributed by atoms with E-state index in [4.69, 9.17) is 16.3 Å². The zero-order valence-electron chi connectivity index (χ0n) is 21.8. The first kappa shape index (κ1) is 28.8. The lowest BCUT2D eigenvalue weighted by Gasteiger charge is -2.37. The van der Waals surface area contributed by atoms with Crippen molar-refractivity contribution in [1.82, 2.24) is 9.80 Å². The Balaban J connectivity index is 1.81. The number of hydrogen-bond acceptors (Lipinski definition) is 5. The molecule has 2 bridgehead atoms. The van der Waals surface area contributed by atoms with Gasteiger partial charge in [-0.15, -0.1) is 13.2 Å². The predicted octanol–water partition coefficient (Wildman–Crippen LogP) is 3.33. The van der Waals surface area contributed by atoms with Crippen LogP contribution in [0.2, 0.25) is 5.02 Å². The summed E-state index contributed by atoms with van der Waals surface area (Å²) in [5, 5.41) is 10.3. The van der Waals surface area contributed by atoms with E-state index in [-0.39, 0.29) is 42.2 Å². The van der Waals surface area contributed by atoms with Crippen LogP contribution < -0.4 is 4.90 Å². The summed E-state index contributed by atoms with van der Waals surface area (Å²) in [5.74, 6) is -2.49. The molecule has 0 aliphatic carbocycles. The maximum atomic E-state index is 14.5. The summed E-state index contributed by atoms with van der Waals surface area (Å²) in [5.41, 5.74) is 0.108. The monoisotopic (exact) mass is 607 g/mol. The van der Waals surface area contributed by atoms with Crippen LogP contribution >= 0.6 is 27.5 Å². The Morgan fingerprint density at radius 1 is 1.29 bits per heavy atom. The number of likely N-dealkylation sites (tertiary alicyclic amines) is 1. The first-order valence-electron chi connectivity index (χ1n) is 13.0. The van der Waals surface area contributed by atoms with E-state index in [0.29, 0.717) is 30.2 Å². The number of aryl methyl sites for hydroxylation is 1. The molecule has 3 aliphatic rings. The van der Waals surface area contributed by atoms with Gasteiger partial charge in [-0.05, 0) is 31.4 Å². The van der Waals surface area contributed by atoms with Crippen molar-refractivity contribution in [2.45, 2.75) is 49.3 Å². The van der Waals surface area contributed by atoms with E-state index < -0.39 is 29.6 Å². The number of β-amino-alcohol motifs (C(OH)–C–C–N with tert-alkyl or cyclic N) is 1. The number of aliphatic hydroxyl groups is 1. The highest BCUT2D eigenvalue weighted by molar-refractivity contribution is 9.09. The average molecular weight is 609 g/mol. The van der Waals surface area contributed by atoms with Crippen molar-refractivity contribution in [3.8, 4) is 0 Å². The van der Waals surface area contributed by atoms with E-state index in [1.807, 2.05) is 26.0 Å². The molecule has 3 unspecified atom stereocenters. The number of nitrogens with zero attached hydrogens (tertiary/aromatic N) is 3. The molecule has 3 aliphatic heterocycles. The molecule has 4 rings (SSSR count). The van der Waals surface area contributed by atoms with Gasteiger partial charge in [0.1, 0.15) is 11.6 Å². The van der Waals surface area contributed by atoms with Crippen molar-refractivity contribution in [3.05, 3.63) is 54.1 Å². The normalized spacial score (nSPS) is 29.3. The van der Waals surface area contributed by atoms with Crippen LogP contribution in [0.3, 0.4) is 0 Å². The minimum absolute atomic E-state index is 0.0514. The molecular weight excluding hydrogens is 574 g/mol. The molecule has 206 valence electrons. The number of carbonyl (C=O) groups is 3. The van der Waals surface area contributed by atoms with Gasteiger partial charge in [-0.2, -0.15) is 0 Å². The molecule has 1 spiro atoms. The molecule has 38 heavy (non-hydrogen) atoms. The molecule has 6 atom stereocenters. The molecule has 0 radical (unpaired) electrons. The van der Waals surface area contributed by atoms with Crippen LogP contribution in [0.5, 0.6) is 0 Å². The van der Waals surface area contributed by atoms with Crippen molar-refractivity contribution >= 4 is 50.9 Å². The second-order valence-electron chi connectivity index (χ2n) is 10.1. The molecule has 1 N–H and O–H groups in total. The summed E-state index contributed by atoms with van der Waals surface area (Å²) in [6.07, 6.45) is 3.86. The van der Waals surface area contributed by atoms with Gasteiger partial charge in [0.25, 0.3) is 5.91 Å². The molecule has 10 heteroatoms. The summed E-state index contributed by atoms with van der Waals surface area (Å²) in [7, 11) is 0. The van der Waals surface area contributed by atoms with Crippen LogP contribution in [0.1, 0.15) is 25.3 Å². The standard InChI is InChI=1S/C28H35BrClN3O5/c1-5-11-31(12-6-2)25(35)20-21-26(36)33(14-15-34)24(28(21)16-18(29)23(20)38-28)27(37)32(13-7-3)22-17(4)9-8-10-19(22)30/h5,7-10,18,20-21,23-24,34H,1,3,6,11-16H2,2,4H3/t18?,20-,21-,23-,24?,28?/m0/s1. The minimum Gasteiger partial charge on any atom is -0.395 e. The van der Waals surface area contributed by atoms with E-state index >= 15 is 0 Å². The lowest BCUT2D eigenvalue weighted by molar-refractivity contribution is -0.145. The van der Waals surface area contributed by atoms with Gasteiger partial charge in [-0.3, -0.25) is 14.4 Å². The van der Waals surface area contributed by atoms with Crippen LogP contribution in [0, 0.1) is 18.8 Å². The number of halogens is 2. The molecule has 3 heterocycles. The number of carbonyl (C=O) groups excluding carboxylic acids is 3. The largest absolute Gasteiger partial charge is 0.395 e. The quantitative estimate of drug-likeness (QED) is 0.308. The highest BCUT2D eigenvalue weighted by Crippen LogP contribution is 2.60. The van der Waals surface area contributed by atoms with Crippen molar-refractivity contribution in [2.75, 3.05) is 37.7 Å². The molecular formula is C28H35BrClN3O5. The second-order valence-corrected chi connectivity index (χ2v) is 11.7. The number of aliphatic hydroxyl groups excluding tert-OH is 1. The number of rotatable bonds is 11. The van der Waals surface area contributed by atoms with Gasteiger partial charge in [0, 0.05) is 31.0 Å². The van der Waals surface area contributed by atoms with Gasteiger partial charge in [0.05, 0.1) is 35.3 Å². The number of ether oxygens (including phenoxy) is 1. The van der Waals surface area contributed by atoms with E-state index in [9.17, 15) is 19.5 Å². The first-order valence-corrected chi connectivity index (χ1v) is 14.3. The maximum absolute atomic E-state index is 14.5. The lowest BCUT2D eigenvalue weighted by atomic mass is 9.70. The Kier molecular flexibility index (Phi) is 8.71. The third-order valence-corrected chi connectivity index (χ3v) is 8.99. The number of anilines is 1. The Morgan fingerprint density at radius 3 is 2.61 bits per heavy atom. The van der Waals surface area contributed by atoms with Crippen LogP contribution in [0.15, 0.2) is 43.5 Å². The Morgan fingerprint density at radius 2 is 2.00 bits per heavy atom. The first-order chi connectivity index (χ1) is 18.2. The molecule has 1 aromatic rings. The molecule has 3 amide bonds. The smallest absolute Gasteiger partial charge is 0.253 e. The maximum Gasteiger partial charge on any atom is 0.253 e. The van der Waals surface area contributed by atoms with Gasteiger partial charge in [-0.25, -0.2) is 0 Å². The number of para-hydroxylation sites is 1. The molecule has 0 aromatic heterocycles. The van der Waals surface area contributed by atoms with E-state index in [1.165, 1.54) is 9.80 Å². The zero-order chi connectivity index (χ0) is 27.8. The molecule has 3 fully saturated rings. The Labute approximate surface area is 237 Å². The third kappa shape index (κ3) is 4.51. The topological polar surface area (TPSA) is 90.4 Å². The Bertz CT molecular complexity index is 1110. The van der Waals surface area contributed by atoms with Crippen molar-refractivity contribution in [1.29, 1.82) is 0 Å². The summed E-state index contributed by atoms with van der Waals surface area (Å²) in [4.78, 5) is 46.7. The van der Waals surface area contributed by atoms with Crippen molar-refractivity contribution in [3.63, 3.8) is 0 Å². The number of amides is 3. The molecule has 1 aromatic carbocycles. The highest BCUT2D eigenvalue weighted by Gasteiger charge is 2.76. The van der Waals surface area contributed by atoms with E-state index in [2.05, 4.69) is 29.1 Å². The molecule has 8 nitrogen and oxygen atoms in total. The van der Waals surface area contributed by atoms with Crippen molar-refractivity contribution in [2.24, 2.45) is 11.8 Å². The van der Waals surface area contributed by atoms with Crippen LogP contribution in [0.4, 0.5) is 5.69 Å². The van der Waals surface area contributed by atoms with Crippen molar-refractivity contribution < 1.29 is 24.2 Å². The average Bonchev–Trinajstić information content (AvgIpc) is 3.46. The number of benzene rings is 1. The SMILES string of the molecule is C=CCN(CCC)C(=O)[C@H]1[C@H]2C(=O)N(CCO)C(C(=O)N(CC=C)c3c(C)cccc3Cl)C23CC(Br)[C@@H]1O3. The van der Waals surface area contributed by atoms with E-state index in [1.54, 1.807) is 23.1 Å². The summed E-state index contributed by atoms with van der Waals surface area (Å²) in [6.45, 7) is 12.1. The predicted molar refractivity (Wildman–Crippen MR) is 150 cm³/mol. The van der Waals surface area contributed by atoms with Gasteiger partial charge in [-0.1, -0.05) is 58.7 Å². The summed E-state index contributed by atoms with van der Waals surface area (Å²) in [6, 6.07) is 4.34. The minimum atomic E-state index is -1.22. The molecule has 0 saturated carbocycles. The fraction of sp³-hybridized carbons (Fsp3) is 0.536. The summed E-state index contributed by atoms with van der Waals surface area (Å²) < 4.78 is 6.57. The number of alkyl halides is 1. The van der Waals surface area contributed by atoms with Gasteiger partial charge < -0.3 is 24.5 Å². The fourth-order valence-electron chi connectivity index (χ4n) is 6.50. The second kappa shape index (κ2) is 11.5. The highest BCUT2D eigenvalue weighted by atomic mass is 79.9. The number of hydrogen-bond donors (Lipinski definition) is 1. The zero-order valence-corrected chi connectivity index (χ0v) is 24.2. The van der Waals surface area contributed by atoms with Crippen LogP contribution in [-0.4, -0.2) is 88.0 Å². The van der Waals surface area contributed by atoms with Crippen LogP contribution in [-0.2, 0) is 19.1 Å². The fourth-order valence-corrected chi connectivity index (χ4v) is 7.77. The number of fused-ring (bicyclic) bond motifs is 1.